The van der Waals surface area contributed by atoms with Gasteiger partial charge in [0.15, 0.2) is 17.2 Å². The molecule has 0 aliphatic carbocycles. The lowest BCUT2D eigenvalue weighted by atomic mass is 10.0. The Morgan fingerprint density at radius 1 is 1.05 bits per heavy atom. The largest absolute Gasteiger partial charge is 0.433 e. The normalized spacial score (nSPS) is 11.9. The summed E-state index contributed by atoms with van der Waals surface area (Å²) in [6, 6.07) is 17.6. The summed E-state index contributed by atoms with van der Waals surface area (Å²) in [6.07, 6.45) is -1.90. The summed E-state index contributed by atoms with van der Waals surface area (Å²) in [4.78, 5) is 17.5. The number of aromatic nitrogens is 5. The van der Waals surface area contributed by atoms with Gasteiger partial charge in [0.1, 0.15) is 5.56 Å². The molecule has 1 N–H and O–H groups in total. The summed E-state index contributed by atoms with van der Waals surface area (Å²) < 4.78 is 44.2. The van der Waals surface area contributed by atoms with Crippen molar-refractivity contribution in [1.82, 2.24) is 24.4 Å². The molecule has 0 aliphatic heterocycles. The predicted molar refractivity (Wildman–Crippen MR) is 138 cm³/mol. The van der Waals surface area contributed by atoms with E-state index in [1.807, 2.05) is 57.2 Å². The molecular weight excluding hydrogens is 493 g/mol. The van der Waals surface area contributed by atoms with Gasteiger partial charge < -0.3 is 5.32 Å². The Kier molecular flexibility index (Phi) is 6.48. The van der Waals surface area contributed by atoms with E-state index in [4.69, 9.17) is 0 Å². The van der Waals surface area contributed by atoms with Gasteiger partial charge in [-0.15, -0.1) is 0 Å². The van der Waals surface area contributed by atoms with Crippen LogP contribution in [0.4, 0.5) is 19.0 Å². The third-order valence-corrected chi connectivity index (χ3v) is 6.36. The Labute approximate surface area is 216 Å². The Morgan fingerprint density at radius 2 is 1.79 bits per heavy atom. The number of carbonyl (C=O) groups excluding carboxylic acids is 1. The van der Waals surface area contributed by atoms with Gasteiger partial charge in [-0.3, -0.25) is 9.48 Å². The monoisotopic (exact) mass is 518 g/mol. The van der Waals surface area contributed by atoms with E-state index >= 15 is 0 Å². The minimum absolute atomic E-state index is 0.0930. The van der Waals surface area contributed by atoms with Crippen LogP contribution in [0, 0.1) is 6.92 Å². The molecule has 0 spiro atoms. The number of halogens is 3. The fourth-order valence-electron chi connectivity index (χ4n) is 4.17. The van der Waals surface area contributed by atoms with E-state index in [1.165, 1.54) is 0 Å². The average molecular weight is 519 g/mol. The minimum atomic E-state index is -4.71. The van der Waals surface area contributed by atoms with Crippen LogP contribution in [-0.4, -0.2) is 30.3 Å². The highest BCUT2D eigenvalue weighted by Crippen LogP contribution is 2.33. The predicted octanol–water partition coefficient (Wildman–Crippen LogP) is 6.34. The van der Waals surface area contributed by atoms with Crippen LogP contribution in [0.3, 0.4) is 0 Å². The number of nitrogens with one attached hydrogen (secondary N) is 1. The number of fused-ring (bicyclic) bond motifs is 1. The van der Waals surface area contributed by atoms with Gasteiger partial charge in [-0.25, -0.2) is 9.50 Å². The molecule has 3 aromatic heterocycles. The van der Waals surface area contributed by atoms with E-state index in [1.54, 1.807) is 29.1 Å². The number of nitrogens with zero attached hydrogens (tertiary/aromatic N) is 5. The third-order valence-electron chi connectivity index (χ3n) is 6.36. The SMILES string of the molecule is Cc1ccccc1Cn1ccc(NC(=O)c2cnn3c(C(F)(F)F)cc(-c4ccc(C(C)C)cc4)nc23)n1. The molecule has 5 rings (SSSR count). The Hall–Kier alpha value is -4.47. The van der Waals surface area contributed by atoms with E-state index < -0.39 is 17.8 Å². The number of hydrogen-bond donors (Lipinski definition) is 1. The Balaban J connectivity index is 1.47. The second-order valence-corrected chi connectivity index (χ2v) is 9.37. The topological polar surface area (TPSA) is 77.1 Å². The number of alkyl halides is 3. The molecule has 1 amide bonds. The third kappa shape index (κ3) is 5.02. The molecule has 0 aliphatic rings. The summed E-state index contributed by atoms with van der Waals surface area (Å²) >= 11 is 0. The van der Waals surface area contributed by atoms with Crippen molar-refractivity contribution in [2.75, 3.05) is 5.32 Å². The number of anilines is 1. The first-order chi connectivity index (χ1) is 18.1. The van der Waals surface area contributed by atoms with Crippen LogP contribution in [0.1, 0.15) is 52.5 Å². The second-order valence-electron chi connectivity index (χ2n) is 9.37. The summed E-state index contributed by atoms with van der Waals surface area (Å²) in [5, 5.41) is 10.9. The first-order valence-corrected chi connectivity index (χ1v) is 12.1. The van der Waals surface area contributed by atoms with Gasteiger partial charge in [0.05, 0.1) is 18.4 Å². The molecule has 0 saturated carbocycles. The highest BCUT2D eigenvalue weighted by Gasteiger charge is 2.36. The van der Waals surface area contributed by atoms with Crippen LogP contribution >= 0.6 is 0 Å². The van der Waals surface area contributed by atoms with Gasteiger partial charge >= 0.3 is 6.18 Å². The molecule has 38 heavy (non-hydrogen) atoms. The number of benzene rings is 2. The number of hydrogen-bond acceptors (Lipinski definition) is 4. The Bertz CT molecular complexity index is 1620. The van der Waals surface area contributed by atoms with Crippen molar-refractivity contribution < 1.29 is 18.0 Å². The standard InChI is InChI=1S/C28H25F3N6O/c1-17(2)19-8-10-20(11-9-19)23-14-24(28(29,30)31)37-26(33-23)22(15-32-37)27(38)34-25-12-13-36(35-25)16-21-7-5-4-6-18(21)3/h4-15,17H,16H2,1-3H3,(H,34,35,38). The van der Waals surface area contributed by atoms with E-state index in [-0.39, 0.29) is 28.6 Å². The maximum Gasteiger partial charge on any atom is 0.433 e. The summed E-state index contributed by atoms with van der Waals surface area (Å²) in [5.41, 5.74) is 2.53. The Morgan fingerprint density at radius 3 is 2.47 bits per heavy atom. The molecule has 0 unspecified atom stereocenters. The zero-order chi connectivity index (χ0) is 27.0. The molecule has 0 saturated heterocycles. The summed E-state index contributed by atoms with van der Waals surface area (Å²) in [7, 11) is 0. The maximum absolute atomic E-state index is 13.9. The molecule has 0 radical (unpaired) electrons. The van der Waals surface area contributed by atoms with Gasteiger partial charge in [-0.1, -0.05) is 62.4 Å². The first-order valence-electron chi connectivity index (χ1n) is 12.1. The van der Waals surface area contributed by atoms with E-state index in [0.29, 0.717) is 16.6 Å². The van der Waals surface area contributed by atoms with Gasteiger partial charge in [0, 0.05) is 17.8 Å². The van der Waals surface area contributed by atoms with Gasteiger partial charge in [0.2, 0.25) is 0 Å². The molecule has 2 aromatic carbocycles. The molecule has 194 valence electrons. The maximum atomic E-state index is 13.9. The summed E-state index contributed by atoms with van der Waals surface area (Å²) in [5.74, 6) is -0.121. The average Bonchev–Trinajstić information content (AvgIpc) is 3.51. The van der Waals surface area contributed by atoms with Crippen LogP contribution in [0.15, 0.2) is 73.1 Å². The first kappa shape index (κ1) is 25.2. The van der Waals surface area contributed by atoms with Crippen LogP contribution in [0.2, 0.25) is 0 Å². The highest BCUT2D eigenvalue weighted by molar-refractivity contribution is 6.07. The lowest BCUT2D eigenvalue weighted by Crippen LogP contribution is -2.16. The van der Waals surface area contributed by atoms with Crippen molar-refractivity contribution in [1.29, 1.82) is 0 Å². The molecule has 7 nitrogen and oxygen atoms in total. The zero-order valence-corrected chi connectivity index (χ0v) is 21.0. The van der Waals surface area contributed by atoms with Gasteiger partial charge in [-0.05, 0) is 35.6 Å². The van der Waals surface area contributed by atoms with Crippen LogP contribution in [0.25, 0.3) is 16.9 Å². The van der Waals surface area contributed by atoms with E-state index in [9.17, 15) is 18.0 Å². The van der Waals surface area contributed by atoms with Crippen molar-refractivity contribution in [3.05, 3.63) is 101 Å². The molecule has 10 heteroatoms. The minimum Gasteiger partial charge on any atom is -0.305 e. The highest BCUT2D eigenvalue weighted by atomic mass is 19.4. The van der Waals surface area contributed by atoms with Crippen molar-refractivity contribution in [2.24, 2.45) is 0 Å². The zero-order valence-electron chi connectivity index (χ0n) is 21.0. The van der Waals surface area contributed by atoms with Crippen molar-refractivity contribution >= 4 is 17.4 Å². The second kappa shape index (κ2) is 9.77. The number of rotatable bonds is 6. The fourth-order valence-corrected chi connectivity index (χ4v) is 4.17. The lowest BCUT2D eigenvalue weighted by Gasteiger charge is -2.12. The van der Waals surface area contributed by atoms with Crippen LogP contribution in [-0.2, 0) is 12.7 Å². The van der Waals surface area contributed by atoms with Gasteiger partial charge in [-0.2, -0.15) is 23.4 Å². The molecule has 3 heterocycles. The lowest BCUT2D eigenvalue weighted by molar-refractivity contribution is -0.142. The van der Waals surface area contributed by atoms with E-state index in [0.717, 1.165) is 29.0 Å². The number of amides is 1. The number of aryl methyl sites for hydroxylation is 1. The molecule has 0 fully saturated rings. The molecule has 5 aromatic rings. The van der Waals surface area contributed by atoms with Crippen molar-refractivity contribution in [2.45, 2.75) is 39.4 Å². The molecule has 0 atom stereocenters. The quantitative estimate of drug-likeness (QED) is 0.284. The smallest absolute Gasteiger partial charge is 0.305 e. The van der Waals surface area contributed by atoms with E-state index in [2.05, 4.69) is 20.5 Å². The van der Waals surface area contributed by atoms with Gasteiger partial charge in [0.25, 0.3) is 5.91 Å². The fraction of sp³-hybridized carbons (Fsp3) is 0.214. The molecular formula is C28H25F3N6O. The summed E-state index contributed by atoms with van der Waals surface area (Å²) in [6.45, 7) is 6.57. The van der Waals surface area contributed by atoms with Crippen molar-refractivity contribution in [3.8, 4) is 11.3 Å². The van der Waals surface area contributed by atoms with Crippen molar-refractivity contribution in [3.63, 3.8) is 0 Å². The molecule has 0 bridgehead atoms. The van der Waals surface area contributed by atoms with Crippen LogP contribution < -0.4 is 5.32 Å². The van der Waals surface area contributed by atoms with Crippen LogP contribution in [0.5, 0.6) is 0 Å². The number of carbonyl (C=O) groups is 1.